The largest absolute Gasteiger partial charge is 0.398 e. The number of rotatable bonds is 4. The molecule has 0 atom stereocenters. The topological polar surface area (TPSA) is 55.1 Å². The molecule has 0 saturated carbocycles. The molecule has 0 bridgehead atoms. The Labute approximate surface area is 125 Å². The molecule has 0 aliphatic heterocycles. The molecule has 1 heterocycles. The Morgan fingerprint density at radius 3 is 2.68 bits per heavy atom. The van der Waals surface area contributed by atoms with Crippen LogP contribution in [-0.4, -0.2) is 12.5 Å². The summed E-state index contributed by atoms with van der Waals surface area (Å²) in [5, 5.41) is 3.16. The maximum absolute atomic E-state index is 12.0. The molecule has 2 aromatic rings. The molecule has 0 unspecified atom stereocenters. The molecule has 1 aromatic carbocycles. The summed E-state index contributed by atoms with van der Waals surface area (Å²) in [6, 6.07) is 8.80. The second-order valence-electron chi connectivity index (χ2n) is 3.92. The number of benzene rings is 1. The van der Waals surface area contributed by atoms with E-state index in [2.05, 4.69) is 5.32 Å². The lowest BCUT2D eigenvalue weighted by Crippen LogP contribution is -2.26. The minimum atomic E-state index is -0.259. The summed E-state index contributed by atoms with van der Waals surface area (Å²) in [6.07, 6.45) is 0.730. The Balaban J connectivity index is 1.94. The van der Waals surface area contributed by atoms with Crippen LogP contribution in [0, 0.1) is 0 Å². The van der Waals surface area contributed by atoms with Crippen molar-refractivity contribution in [1.82, 2.24) is 5.32 Å². The van der Waals surface area contributed by atoms with Gasteiger partial charge in [-0.1, -0.05) is 29.3 Å². The van der Waals surface area contributed by atoms with Crippen LogP contribution >= 0.6 is 34.5 Å². The minimum Gasteiger partial charge on any atom is -0.398 e. The first-order chi connectivity index (χ1) is 9.08. The van der Waals surface area contributed by atoms with Gasteiger partial charge in [-0.2, -0.15) is 0 Å². The van der Waals surface area contributed by atoms with Gasteiger partial charge < -0.3 is 11.1 Å². The molecule has 2 rings (SSSR count). The summed E-state index contributed by atoms with van der Waals surface area (Å²) in [7, 11) is 0. The summed E-state index contributed by atoms with van der Waals surface area (Å²) < 4.78 is 0.747. The number of nitrogens with one attached hydrogen (secondary N) is 1. The van der Waals surface area contributed by atoms with Gasteiger partial charge in [0, 0.05) is 17.1 Å². The van der Waals surface area contributed by atoms with Crippen LogP contribution in [0.4, 0.5) is 5.69 Å². The Bertz CT molecular complexity index is 578. The average Bonchev–Trinajstić information content (AvgIpc) is 2.75. The Morgan fingerprint density at radius 2 is 2.05 bits per heavy atom. The average molecular weight is 315 g/mol. The Hall–Kier alpha value is -1.23. The zero-order valence-electron chi connectivity index (χ0n) is 9.95. The molecule has 0 fully saturated rings. The van der Waals surface area contributed by atoms with Crippen molar-refractivity contribution in [3.8, 4) is 0 Å². The van der Waals surface area contributed by atoms with Crippen molar-refractivity contribution in [2.45, 2.75) is 6.42 Å². The van der Waals surface area contributed by atoms with Crippen LogP contribution < -0.4 is 11.1 Å². The van der Waals surface area contributed by atoms with Crippen LogP contribution in [0.15, 0.2) is 30.3 Å². The Kier molecular flexibility index (Phi) is 4.69. The third-order valence-corrected chi connectivity index (χ3v) is 4.16. The molecular weight excluding hydrogens is 303 g/mol. The molecule has 100 valence electrons. The smallest absolute Gasteiger partial charge is 0.254 e. The van der Waals surface area contributed by atoms with Gasteiger partial charge in [-0.05, 0) is 30.7 Å². The zero-order chi connectivity index (χ0) is 13.8. The van der Waals surface area contributed by atoms with Crippen molar-refractivity contribution in [3.63, 3.8) is 0 Å². The fourth-order valence-electron chi connectivity index (χ4n) is 1.65. The number of thiophene rings is 1. The van der Waals surface area contributed by atoms with E-state index in [0.29, 0.717) is 22.8 Å². The van der Waals surface area contributed by atoms with Gasteiger partial charge in [0.2, 0.25) is 0 Å². The minimum absolute atomic E-state index is 0.259. The molecule has 0 aliphatic carbocycles. The first kappa shape index (κ1) is 14.2. The fourth-order valence-corrected chi connectivity index (χ4v) is 3.01. The predicted molar refractivity (Wildman–Crippen MR) is 81.2 cm³/mol. The first-order valence-corrected chi connectivity index (χ1v) is 7.21. The highest BCUT2D eigenvalue weighted by Gasteiger charge is 2.13. The molecule has 3 nitrogen and oxygen atoms in total. The Morgan fingerprint density at radius 1 is 1.26 bits per heavy atom. The summed E-state index contributed by atoms with van der Waals surface area (Å²) in [5.74, 6) is -0.259. The van der Waals surface area contributed by atoms with Crippen molar-refractivity contribution in [2.24, 2.45) is 0 Å². The second kappa shape index (κ2) is 6.28. The normalized spacial score (nSPS) is 10.4. The predicted octanol–water partition coefficient (Wildman–Crippen LogP) is 3.61. The van der Waals surface area contributed by atoms with Crippen LogP contribution in [-0.2, 0) is 6.42 Å². The molecule has 19 heavy (non-hydrogen) atoms. The number of anilines is 1. The summed E-state index contributed by atoms with van der Waals surface area (Å²) in [5.41, 5.74) is 6.45. The van der Waals surface area contributed by atoms with Gasteiger partial charge in [-0.3, -0.25) is 4.79 Å². The van der Waals surface area contributed by atoms with Crippen LogP contribution in [0.1, 0.15) is 15.2 Å². The number of hydrogen-bond donors (Lipinski definition) is 2. The van der Waals surface area contributed by atoms with Crippen molar-refractivity contribution < 1.29 is 4.79 Å². The molecular formula is C13H12Cl2N2OS. The quantitative estimate of drug-likeness (QED) is 0.847. The van der Waals surface area contributed by atoms with E-state index < -0.39 is 0 Å². The van der Waals surface area contributed by atoms with E-state index in [0.717, 1.165) is 15.6 Å². The van der Waals surface area contributed by atoms with Crippen molar-refractivity contribution in [1.29, 1.82) is 0 Å². The molecule has 1 aromatic heterocycles. The van der Waals surface area contributed by atoms with E-state index in [1.54, 1.807) is 18.2 Å². The SMILES string of the molecule is Nc1cccc(Cl)c1C(=O)NCCc1ccc(Cl)s1. The van der Waals surface area contributed by atoms with Gasteiger partial charge in [0.1, 0.15) is 0 Å². The highest BCUT2D eigenvalue weighted by molar-refractivity contribution is 7.16. The lowest BCUT2D eigenvalue weighted by molar-refractivity contribution is 0.0955. The third-order valence-electron chi connectivity index (χ3n) is 2.56. The van der Waals surface area contributed by atoms with E-state index >= 15 is 0 Å². The van der Waals surface area contributed by atoms with Gasteiger partial charge in [0.15, 0.2) is 0 Å². The molecule has 0 radical (unpaired) electrons. The van der Waals surface area contributed by atoms with Gasteiger partial charge >= 0.3 is 0 Å². The monoisotopic (exact) mass is 314 g/mol. The molecule has 6 heteroatoms. The molecule has 0 spiro atoms. The summed E-state index contributed by atoms with van der Waals surface area (Å²) >= 11 is 13.3. The molecule has 3 N–H and O–H groups in total. The number of halogens is 2. The molecule has 1 amide bonds. The number of nitrogens with two attached hydrogens (primary N) is 1. The van der Waals surface area contributed by atoms with Crippen LogP contribution in [0.2, 0.25) is 9.36 Å². The number of carbonyl (C=O) groups is 1. The van der Waals surface area contributed by atoms with E-state index in [1.807, 2.05) is 12.1 Å². The maximum Gasteiger partial charge on any atom is 0.254 e. The van der Waals surface area contributed by atoms with Crippen LogP contribution in [0.3, 0.4) is 0 Å². The van der Waals surface area contributed by atoms with Gasteiger partial charge in [-0.15, -0.1) is 11.3 Å². The van der Waals surface area contributed by atoms with Crippen molar-refractivity contribution in [3.05, 3.63) is 50.1 Å². The number of amides is 1. The highest BCUT2D eigenvalue weighted by atomic mass is 35.5. The maximum atomic E-state index is 12.0. The fraction of sp³-hybridized carbons (Fsp3) is 0.154. The lowest BCUT2D eigenvalue weighted by Gasteiger charge is -2.08. The first-order valence-electron chi connectivity index (χ1n) is 5.64. The number of hydrogen-bond acceptors (Lipinski definition) is 3. The van der Waals surface area contributed by atoms with E-state index in [-0.39, 0.29) is 5.91 Å². The van der Waals surface area contributed by atoms with E-state index in [4.69, 9.17) is 28.9 Å². The number of carbonyl (C=O) groups excluding carboxylic acids is 1. The zero-order valence-corrected chi connectivity index (χ0v) is 12.3. The van der Waals surface area contributed by atoms with Gasteiger partial charge in [-0.25, -0.2) is 0 Å². The van der Waals surface area contributed by atoms with E-state index in [1.165, 1.54) is 11.3 Å². The standard InChI is InChI=1S/C13H12Cl2N2OS/c14-9-2-1-3-10(16)12(9)13(18)17-7-6-8-4-5-11(15)19-8/h1-5H,6-7,16H2,(H,17,18). The second-order valence-corrected chi connectivity index (χ2v) is 6.12. The lowest BCUT2D eigenvalue weighted by atomic mass is 10.1. The summed E-state index contributed by atoms with van der Waals surface area (Å²) in [6.45, 7) is 0.514. The van der Waals surface area contributed by atoms with E-state index in [9.17, 15) is 4.79 Å². The van der Waals surface area contributed by atoms with Gasteiger partial charge in [0.25, 0.3) is 5.91 Å². The van der Waals surface area contributed by atoms with Crippen molar-refractivity contribution in [2.75, 3.05) is 12.3 Å². The van der Waals surface area contributed by atoms with Crippen LogP contribution in [0.25, 0.3) is 0 Å². The highest BCUT2D eigenvalue weighted by Crippen LogP contribution is 2.23. The van der Waals surface area contributed by atoms with Gasteiger partial charge in [0.05, 0.1) is 14.9 Å². The van der Waals surface area contributed by atoms with Crippen molar-refractivity contribution >= 4 is 46.1 Å². The summed E-state index contributed by atoms with van der Waals surface area (Å²) in [4.78, 5) is 13.1. The molecule has 0 saturated heterocycles. The number of nitrogen functional groups attached to an aromatic ring is 1. The van der Waals surface area contributed by atoms with Crippen LogP contribution in [0.5, 0.6) is 0 Å². The molecule has 0 aliphatic rings. The third kappa shape index (κ3) is 3.62.